The first-order valence-corrected chi connectivity index (χ1v) is 7.73. The molecule has 0 bridgehead atoms. The van der Waals surface area contributed by atoms with Gasteiger partial charge in [0.25, 0.3) is 0 Å². The van der Waals surface area contributed by atoms with Gasteiger partial charge in [-0.25, -0.2) is 0 Å². The fraction of sp³-hybridized carbons (Fsp3) is 0.111. The molecule has 0 radical (unpaired) electrons. The van der Waals surface area contributed by atoms with E-state index in [9.17, 15) is 0 Å². The molecule has 0 unspecified atom stereocenters. The number of hydrogen-bond acceptors (Lipinski definition) is 5. The van der Waals surface area contributed by atoms with E-state index in [0.29, 0.717) is 12.2 Å². The summed E-state index contributed by atoms with van der Waals surface area (Å²) in [6.45, 7) is 2.80. The van der Waals surface area contributed by atoms with Gasteiger partial charge in [0.15, 0.2) is 5.65 Å². The van der Waals surface area contributed by atoms with Crippen molar-refractivity contribution in [1.29, 1.82) is 0 Å². The highest BCUT2D eigenvalue weighted by atomic mass is 15.6. The molecule has 1 N–H and O–H groups in total. The first-order chi connectivity index (χ1) is 11.8. The highest BCUT2D eigenvalue weighted by Crippen LogP contribution is 2.21. The molecule has 0 saturated carbocycles. The number of benzene rings is 2. The van der Waals surface area contributed by atoms with Crippen molar-refractivity contribution >= 4 is 11.5 Å². The molecule has 0 atom stereocenters. The zero-order valence-electron chi connectivity index (χ0n) is 13.2. The molecule has 6 nitrogen and oxygen atoms in total. The molecule has 2 aromatic carbocycles. The largest absolute Gasteiger partial charge is 0.365 e. The van der Waals surface area contributed by atoms with Crippen molar-refractivity contribution in [2.45, 2.75) is 13.5 Å². The van der Waals surface area contributed by atoms with Crippen molar-refractivity contribution in [2.24, 2.45) is 0 Å². The van der Waals surface area contributed by atoms with Gasteiger partial charge < -0.3 is 5.32 Å². The summed E-state index contributed by atoms with van der Waals surface area (Å²) in [4.78, 5) is 0. The number of aryl methyl sites for hydroxylation is 1. The topological polar surface area (TPSA) is 68.0 Å². The van der Waals surface area contributed by atoms with Crippen LogP contribution in [-0.2, 0) is 6.54 Å². The molecule has 4 rings (SSSR count). The molecule has 0 spiro atoms. The standard InChI is InChI=1S/C18H16N6/c1-13-3-2-4-16(11-13)15-7-5-14(6-8-15)12-19-17-9-10-18-20-22-23-24(18)21-17/h2-11H,12H2,1H3,(H,19,21). The minimum atomic E-state index is 0.628. The number of tetrazole rings is 1. The predicted octanol–water partition coefficient (Wildman–Crippen LogP) is 3.11. The van der Waals surface area contributed by atoms with Crippen LogP contribution in [0.5, 0.6) is 0 Å². The lowest BCUT2D eigenvalue weighted by Gasteiger charge is -2.07. The Hall–Kier alpha value is -3.28. The monoisotopic (exact) mass is 316 g/mol. The van der Waals surface area contributed by atoms with Crippen molar-refractivity contribution in [1.82, 2.24) is 25.3 Å². The lowest BCUT2D eigenvalue weighted by molar-refractivity contribution is 0.734. The van der Waals surface area contributed by atoms with E-state index in [1.807, 2.05) is 12.1 Å². The summed E-state index contributed by atoms with van der Waals surface area (Å²) < 4.78 is 1.41. The highest BCUT2D eigenvalue weighted by molar-refractivity contribution is 5.64. The minimum Gasteiger partial charge on any atom is -0.365 e. The molecule has 24 heavy (non-hydrogen) atoms. The third-order valence-electron chi connectivity index (χ3n) is 3.85. The van der Waals surface area contributed by atoms with Crippen LogP contribution in [0.3, 0.4) is 0 Å². The fourth-order valence-electron chi connectivity index (χ4n) is 2.58. The minimum absolute atomic E-state index is 0.628. The highest BCUT2D eigenvalue weighted by Gasteiger charge is 2.02. The number of hydrogen-bond donors (Lipinski definition) is 1. The van der Waals surface area contributed by atoms with Crippen LogP contribution >= 0.6 is 0 Å². The average molecular weight is 316 g/mol. The Morgan fingerprint density at radius 3 is 2.67 bits per heavy atom. The van der Waals surface area contributed by atoms with Gasteiger partial charge in [-0.05, 0) is 46.2 Å². The second-order valence-electron chi connectivity index (χ2n) is 5.67. The third kappa shape index (κ3) is 2.94. The second-order valence-corrected chi connectivity index (χ2v) is 5.67. The van der Waals surface area contributed by atoms with Gasteiger partial charge in [-0.1, -0.05) is 54.1 Å². The van der Waals surface area contributed by atoms with E-state index in [1.54, 1.807) is 0 Å². The van der Waals surface area contributed by atoms with Crippen molar-refractivity contribution in [3.05, 3.63) is 71.8 Å². The van der Waals surface area contributed by atoms with Crippen LogP contribution in [0.15, 0.2) is 60.7 Å². The van der Waals surface area contributed by atoms with E-state index >= 15 is 0 Å². The molecule has 2 aromatic heterocycles. The van der Waals surface area contributed by atoms with E-state index in [4.69, 9.17) is 0 Å². The molecule has 118 valence electrons. The zero-order chi connectivity index (χ0) is 16.4. The molecule has 0 aliphatic heterocycles. The summed E-state index contributed by atoms with van der Waals surface area (Å²) in [5.74, 6) is 0.734. The van der Waals surface area contributed by atoms with Gasteiger partial charge in [-0.2, -0.15) is 0 Å². The van der Waals surface area contributed by atoms with E-state index in [-0.39, 0.29) is 0 Å². The van der Waals surface area contributed by atoms with Gasteiger partial charge in [0, 0.05) is 6.54 Å². The molecule has 0 saturated heterocycles. The van der Waals surface area contributed by atoms with Gasteiger partial charge >= 0.3 is 0 Å². The van der Waals surface area contributed by atoms with Crippen molar-refractivity contribution in [3.63, 3.8) is 0 Å². The van der Waals surface area contributed by atoms with Gasteiger partial charge in [-0.3, -0.25) is 0 Å². The number of nitrogens with zero attached hydrogens (tertiary/aromatic N) is 5. The number of aromatic nitrogens is 5. The Labute approximate surface area is 139 Å². The summed E-state index contributed by atoms with van der Waals surface area (Å²) in [5, 5.41) is 18.8. The maximum absolute atomic E-state index is 4.29. The Balaban J connectivity index is 1.47. The summed E-state index contributed by atoms with van der Waals surface area (Å²) in [6.07, 6.45) is 0. The van der Waals surface area contributed by atoms with Gasteiger partial charge in [-0.15, -0.1) is 14.8 Å². The van der Waals surface area contributed by atoms with Crippen LogP contribution < -0.4 is 5.32 Å². The Kier molecular flexibility index (Phi) is 3.63. The summed E-state index contributed by atoms with van der Waals surface area (Å²) in [7, 11) is 0. The summed E-state index contributed by atoms with van der Waals surface area (Å²) in [5.41, 5.74) is 5.53. The number of anilines is 1. The molecule has 0 fully saturated rings. The first kappa shape index (κ1) is 14.3. The molecule has 6 heteroatoms. The Morgan fingerprint density at radius 2 is 1.83 bits per heavy atom. The molecule has 2 heterocycles. The normalized spacial score (nSPS) is 10.9. The molecule has 0 amide bonds. The lowest BCUT2D eigenvalue weighted by Crippen LogP contribution is -2.04. The van der Waals surface area contributed by atoms with E-state index in [1.165, 1.54) is 26.9 Å². The van der Waals surface area contributed by atoms with E-state index in [2.05, 4.69) is 81.4 Å². The molecular weight excluding hydrogens is 300 g/mol. The maximum Gasteiger partial charge on any atom is 0.200 e. The van der Waals surface area contributed by atoms with E-state index in [0.717, 1.165) is 5.82 Å². The first-order valence-electron chi connectivity index (χ1n) is 7.73. The van der Waals surface area contributed by atoms with Crippen LogP contribution in [0.25, 0.3) is 16.8 Å². The van der Waals surface area contributed by atoms with Gasteiger partial charge in [0.05, 0.1) is 0 Å². The van der Waals surface area contributed by atoms with Crippen molar-refractivity contribution in [3.8, 4) is 11.1 Å². The van der Waals surface area contributed by atoms with Crippen LogP contribution in [-0.4, -0.2) is 25.3 Å². The second kappa shape index (κ2) is 6.08. The summed E-state index contributed by atoms with van der Waals surface area (Å²) >= 11 is 0. The summed E-state index contributed by atoms with van der Waals surface area (Å²) in [6, 6.07) is 20.7. The number of nitrogens with one attached hydrogen (secondary N) is 1. The smallest absolute Gasteiger partial charge is 0.200 e. The number of fused-ring (bicyclic) bond motifs is 1. The molecule has 4 aromatic rings. The molecule has 0 aliphatic rings. The quantitative estimate of drug-likeness (QED) is 0.626. The SMILES string of the molecule is Cc1cccc(-c2ccc(CNc3ccc4nnnn4n3)cc2)c1. The maximum atomic E-state index is 4.29. The van der Waals surface area contributed by atoms with Crippen LogP contribution in [0.1, 0.15) is 11.1 Å². The van der Waals surface area contributed by atoms with Crippen LogP contribution in [0.2, 0.25) is 0 Å². The zero-order valence-corrected chi connectivity index (χ0v) is 13.2. The Morgan fingerprint density at radius 1 is 0.958 bits per heavy atom. The van der Waals surface area contributed by atoms with Crippen LogP contribution in [0, 0.1) is 6.92 Å². The average Bonchev–Trinajstić information content (AvgIpc) is 3.08. The molecular formula is C18H16N6. The van der Waals surface area contributed by atoms with Crippen molar-refractivity contribution in [2.75, 3.05) is 5.32 Å². The predicted molar refractivity (Wildman–Crippen MR) is 92.5 cm³/mol. The van der Waals surface area contributed by atoms with E-state index < -0.39 is 0 Å². The fourth-order valence-corrected chi connectivity index (χ4v) is 2.58. The van der Waals surface area contributed by atoms with Gasteiger partial charge in [0.1, 0.15) is 5.82 Å². The lowest BCUT2D eigenvalue weighted by atomic mass is 10.0. The number of rotatable bonds is 4. The van der Waals surface area contributed by atoms with Gasteiger partial charge in [0.2, 0.25) is 0 Å². The third-order valence-corrected chi connectivity index (χ3v) is 3.85. The van der Waals surface area contributed by atoms with Crippen molar-refractivity contribution < 1.29 is 0 Å². The molecule has 0 aliphatic carbocycles. The van der Waals surface area contributed by atoms with Crippen LogP contribution in [0.4, 0.5) is 5.82 Å². The Bertz CT molecular complexity index is 974.